The summed E-state index contributed by atoms with van der Waals surface area (Å²) >= 11 is 0. The number of benzene rings is 1. The van der Waals surface area contributed by atoms with Crippen molar-refractivity contribution >= 4 is 40.1 Å². The van der Waals surface area contributed by atoms with Crippen molar-refractivity contribution in [3.63, 3.8) is 0 Å². The molecule has 0 fully saturated rings. The predicted molar refractivity (Wildman–Crippen MR) is 165 cm³/mol. The molecule has 4 aromatic rings. The topological polar surface area (TPSA) is 151 Å². The van der Waals surface area contributed by atoms with Crippen LogP contribution in [-0.2, 0) is 9.53 Å². The van der Waals surface area contributed by atoms with Crippen LogP contribution in [0, 0.1) is 23.1 Å². The number of anilines is 1. The van der Waals surface area contributed by atoms with Crippen LogP contribution < -0.4 is 10.6 Å². The van der Waals surface area contributed by atoms with Crippen molar-refractivity contribution in [2.45, 2.75) is 46.3 Å². The normalized spacial score (nSPS) is 11.7. The summed E-state index contributed by atoms with van der Waals surface area (Å²) in [7, 11) is 3.29. The van der Waals surface area contributed by atoms with Gasteiger partial charge in [-0.05, 0) is 70.9 Å². The number of nitrogens with zero attached hydrogens (tertiary/aromatic N) is 5. The molecule has 0 aliphatic carbocycles. The number of nitrogens with two attached hydrogens (primary N) is 1. The maximum Gasteiger partial charge on any atom is 0.410 e. The smallest absolute Gasteiger partial charge is 0.410 e. The summed E-state index contributed by atoms with van der Waals surface area (Å²) in [6.45, 7) is 8.43. The van der Waals surface area contributed by atoms with E-state index in [1.807, 2.05) is 7.05 Å². The first kappa shape index (κ1) is 31.7. The Labute approximate surface area is 254 Å². The number of ether oxygens (including phenoxy) is 1. The SMILES string of the molecule is C[NH2+]c1c(C(C)=N)ncnc1-c1cc(C#Cc2cc(F)c3ncccc3c2)nc(NC(=O)C(C)N(C)C(=O)OC(C)(C)C)c1. The highest BCUT2D eigenvalue weighted by Crippen LogP contribution is 2.27. The van der Waals surface area contributed by atoms with Gasteiger partial charge < -0.3 is 20.8 Å². The van der Waals surface area contributed by atoms with Crippen LogP contribution in [0.15, 0.2) is 48.9 Å². The first-order chi connectivity index (χ1) is 20.8. The Balaban J connectivity index is 1.76. The van der Waals surface area contributed by atoms with Crippen LogP contribution >= 0.6 is 0 Å². The van der Waals surface area contributed by atoms with Gasteiger partial charge in [0.25, 0.3) is 0 Å². The number of halogens is 1. The van der Waals surface area contributed by atoms with Crippen molar-refractivity contribution in [3.05, 3.63) is 71.7 Å². The van der Waals surface area contributed by atoms with E-state index in [9.17, 15) is 14.0 Å². The highest BCUT2D eigenvalue weighted by molar-refractivity contribution is 6.00. The van der Waals surface area contributed by atoms with Gasteiger partial charge in [0.05, 0.1) is 12.8 Å². The number of amides is 2. The summed E-state index contributed by atoms with van der Waals surface area (Å²) < 4.78 is 20.1. The molecule has 0 bridgehead atoms. The van der Waals surface area contributed by atoms with Crippen LogP contribution in [0.3, 0.4) is 0 Å². The standard InChI is InChI=1S/C32H33FN8O3/c1-18(34)26-29(35-6)28(38-17-37-26)22-15-23(11-10-20-13-21-9-8-12-36-27(21)24(33)14-20)39-25(16-22)40-30(42)19(2)41(7)31(43)44-32(3,4)5/h8-9,12-17,19,34-35H,1-7H3,(H,39,40,42)/p+1. The molecule has 12 heteroatoms. The summed E-state index contributed by atoms with van der Waals surface area (Å²) in [6, 6.07) is 8.92. The molecular formula is C32H34FN8O3+. The highest BCUT2D eigenvalue weighted by atomic mass is 19.1. The zero-order valence-corrected chi connectivity index (χ0v) is 25.6. The molecular weight excluding hydrogens is 563 g/mol. The first-order valence-electron chi connectivity index (χ1n) is 13.8. The molecule has 4 N–H and O–H groups in total. The lowest BCUT2D eigenvalue weighted by Gasteiger charge is -2.28. The van der Waals surface area contributed by atoms with Crippen molar-refractivity contribution in [3.8, 4) is 23.1 Å². The van der Waals surface area contributed by atoms with Gasteiger partial charge in [0.1, 0.15) is 46.4 Å². The number of hydrogen-bond donors (Lipinski definition) is 3. The number of rotatable bonds is 6. The molecule has 4 rings (SSSR count). The molecule has 1 unspecified atom stereocenters. The average Bonchev–Trinajstić information content (AvgIpc) is 2.97. The Morgan fingerprint density at radius 3 is 2.57 bits per heavy atom. The molecule has 0 saturated heterocycles. The zero-order chi connectivity index (χ0) is 32.2. The number of carbonyl (C=O) groups excluding carboxylic acids is 2. The lowest BCUT2D eigenvalue weighted by Crippen LogP contribution is -2.73. The fourth-order valence-electron chi connectivity index (χ4n) is 4.25. The molecule has 3 aromatic heterocycles. The Morgan fingerprint density at radius 2 is 1.89 bits per heavy atom. The van der Waals surface area contributed by atoms with Gasteiger partial charge in [0.2, 0.25) is 5.91 Å². The quantitative estimate of drug-likeness (QED) is 0.224. The third-order valence-electron chi connectivity index (χ3n) is 6.51. The average molecular weight is 598 g/mol. The monoisotopic (exact) mass is 597 g/mol. The molecule has 1 aromatic carbocycles. The fourth-order valence-corrected chi connectivity index (χ4v) is 4.25. The molecule has 1 atom stereocenters. The van der Waals surface area contributed by atoms with Gasteiger partial charge in [0.15, 0.2) is 11.5 Å². The molecule has 0 saturated carbocycles. The zero-order valence-electron chi connectivity index (χ0n) is 25.6. The molecule has 0 aliphatic rings. The predicted octanol–water partition coefficient (Wildman–Crippen LogP) is 4.03. The molecule has 0 radical (unpaired) electrons. The van der Waals surface area contributed by atoms with E-state index < -0.39 is 29.5 Å². The number of carbonyl (C=O) groups is 2. The fraction of sp³-hybridized carbons (Fsp3) is 0.281. The molecule has 226 valence electrons. The third kappa shape index (κ3) is 7.37. The second-order valence-corrected chi connectivity index (χ2v) is 11.1. The lowest BCUT2D eigenvalue weighted by molar-refractivity contribution is -0.539. The Bertz CT molecular complexity index is 1820. The minimum atomic E-state index is -0.898. The van der Waals surface area contributed by atoms with Crippen LogP contribution in [0.1, 0.15) is 51.6 Å². The number of quaternary nitrogens is 1. The Morgan fingerprint density at radius 1 is 1.14 bits per heavy atom. The van der Waals surface area contributed by atoms with E-state index in [4.69, 9.17) is 10.1 Å². The summed E-state index contributed by atoms with van der Waals surface area (Å²) in [5, 5.41) is 13.3. The van der Waals surface area contributed by atoms with Gasteiger partial charge in [-0.1, -0.05) is 12.0 Å². The molecule has 2 amide bonds. The van der Waals surface area contributed by atoms with Crippen LogP contribution in [0.5, 0.6) is 0 Å². The largest absolute Gasteiger partial charge is 0.444 e. The van der Waals surface area contributed by atoms with Gasteiger partial charge >= 0.3 is 6.09 Å². The highest BCUT2D eigenvalue weighted by Gasteiger charge is 2.27. The number of fused-ring (bicyclic) bond motifs is 1. The number of pyridine rings is 2. The maximum atomic E-state index is 14.7. The number of nitrogens with one attached hydrogen (secondary N) is 2. The van der Waals surface area contributed by atoms with Crippen molar-refractivity contribution in [2.24, 2.45) is 0 Å². The van der Waals surface area contributed by atoms with E-state index in [2.05, 4.69) is 37.1 Å². The van der Waals surface area contributed by atoms with E-state index in [0.717, 1.165) is 0 Å². The van der Waals surface area contributed by atoms with E-state index in [1.165, 1.54) is 30.5 Å². The maximum absolute atomic E-state index is 14.7. The summed E-state index contributed by atoms with van der Waals surface area (Å²) in [6.07, 6.45) is 2.24. The summed E-state index contributed by atoms with van der Waals surface area (Å²) in [4.78, 5) is 44.3. The van der Waals surface area contributed by atoms with Gasteiger partial charge in [-0.15, -0.1) is 0 Å². The molecule has 11 nitrogen and oxygen atoms in total. The van der Waals surface area contributed by atoms with Gasteiger partial charge in [-0.3, -0.25) is 14.7 Å². The Hall–Kier alpha value is -5.28. The van der Waals surface area contributed by atoms with Crippen LogP contribution in [0.2, 0.25) is 0 Å². The van der Waals surface area contributed by atoms with Gasteiger partial charge in [0, 0.05) is 29.8 Å². The van der Waals surface area contributed by atoms with Crippen LogP contribution in [0.4, 0.5) is 20.7 Å². The second-order valence-electron chi connectivity index (χ2n) is 11.1. The van der Waals surface area contributed by atoms with E-state index >= 15 is 0 Å². The molecule has 3 heterocycles. The van der Waals surface area contributed by atoms with E-state index in [1.54, 1.807) is 70.3 Å². The first-order valence-corrected chi connectivity index (χ1v) is 13.8. The van der Waals surface area contributed by atoms with Gasteiger partial charge in [-0.2, -0.15) is 0 Å². The van der Waals surface area contributed by atoms with Crippen molar-refractivity contribution in [1.82, 2.24) is 24.8 Å². The minimum Gasteiger partial charge on any atom is -0.444 e. The number of likely N-dealkylation sites (N-methyl/N-ethyl adjacent to an activating group) is 1. The van der Waals surface area contributed by atoms with Crippen LogP contribution in [-0.4, -0.2) is 68.3 Å². The number of hydrogen-bond acceptors (Lipinski definition) is 8. The minimum absolute atomic E-state index is 0.156. The molecule has 0 aliphatic heterocycles. The molecule has 0 spiro atoms. The molecule has 44 heavy (non-hydrogen) atoms. The van der Waals surface area contributed by atoms with Crippen LogP contribution in [0.25, 0.3) is 22.2 Å². The summed E-state index contributed by atoms with van der Waals surface area (Å²) in [5.41, 5.74) is 2.62. The Kier molecular flexibility index (Phi) is 9.30. The number of aromatic nitrogens is 4. The van der Waals surface area contributed by atoms with Gasteiger partial charge in [-0.25, -0.2) is 24.1 Å². The van der Waals surface area contributed by atoms with Crippen molar-refractivity contribution in [2.75, 3.05) is 19.4 Å². The van der Waals surface area contributed by atoms with Crippen molar-refractivity contribution in [1.29, 1.82) is 5.41 Å². The van der Waals surface area contributed by atoms with E-state index in [0.29, 0.717) is 33.6 Å². The lowest BCUT2D eigenvalue weighted by atomic mass is 10.1. The second kappa shape index (κ2) is 12.9. The van der Waals surface area contributed by atoms with Crippen molar-refractivity contribution < 1.29 is 24.0 Å². The third-order valence-corrected chi connectivity index (χ3v) is 6.51. The van der Waals surface area contributed by atoms with E-state index in [-0.39, 0.29) is 22.7 Å². The summed E-state index contributed by atoms with van der Waals surface area (Å²) in [5.74, 6) is 5.07.